The van der Waals surface area contributed by atoms with E-state index in [1.165, 1.54) is 44.5 Å². The molecule has 0 saturated carbocycles. The Morgan fingerprint density at radius 1 is 1.18 bits per heavy atom. The number of piperidine rings is 1. The van der Waals surface area contributed by atoms with Crippen LogP contribution in [0.15, 0.2) is 30.3 Å². The molecule has 17 heavy (non-hydrogen) atoms. The van der Waals surface area contributed by atoms with Crippen molar-refractivity contribution < 1.29 is 0 Å². The highest BCUT2D eigenvalue weighted by Crippen LogP contribution is 2.27. The highest BCUT2D eigenvalue weighted by Gasteiger charge is 2.19. The quantitative estimate of drug-likeness (QED) is 0.785. The standard InChI is InChI=1S/C15H24N2/c1-16-10-5-11-17-12-8-15(9-13-17)14-6-3-2-4-7-14/h2-4,6-7,15-16H,5,8-13H2,1H3. The van der Waals surface area contributed by atoms with E-state index in [4.69, 9.17) is 0 Å². The Balaban J connectivity index is 1.74. The Bertz CT molecular complexity index is 302. The second-order valence-electron chi connectivity index (χ2n) is 4.98. The molecule has 1 heterocycles. The van der Waals surface area contributed by atoms with Crippen LogP contribution in [0, 0.1) is 0 Å². The van der Waals surface area contributed by atoms with Crippen molar-refractivity contribution in [1.82, 2.24) is 10.2 Å². The summed E-state index contributed by atoms with van der Waals surface area (Å²) >= 11 is 0. The van der Waals surface area contributed by atoms with Crippen molar-refractivity contribution in [3.63, 3.8) is 0 Å². The topological polar surface area (TPSA) is 15.3 Å². The van der Waals surface area contributed by atoms with Crippen LogP contribution in [0.2, 0.25) is 0 Å². The molecule has 1 aromatic carbocycles. The van der Waals surface area contributed by atoms with Crippen molar-refractivity contribution >= 4 is 0 Å². The van der Waals surface area contributed by atoms with Gasteiger partial charge in [-0.25, -0.2) is 0 Å². The number of hydrogen-bond acceptors (Lipinski definition) is 2. The van der Waals surface area contributed by atoms with Gasteiger partial charge in [-0.15, -0.1) is 0 Å². The first-order chi connectivity index (χ1) is 8.40. The summed E-state index contributed by atoms with van der Waals surface area (Å²) in [4.78, 5) is 2.61. The van der Waals surface area contributed by atoms with Crippen molar-refractivity contribution in [3.8, 4) is 0 Å². The van der Waals surface area contributed by atoms with E-state index in [2.05, 4.69) is 40.5 Å². The van der Waals surface area contributed by atoms with Crippen LogP contribution < -0.4 is 5.32 Å². The maximum atomic E-state index is 3.22. The summed E-state index contributed by atoms with van der Waals surface area (Å²) in [7, 11) is 2.03. The van der Waals surface area contributed by atoms with Crippen molar-refractivity contribution in [2.75, 3.05) is 33.2 Å². The Morgan fingerprint density at radius 3 is 2.53 bits per heavy atom. The average Bonchev–Trinajstić information content (AvgIpc) is 2.41. The molecular weight excluding hydrogens is 208 g/mol. The lowest BCUT2D eigenvalue weighted by Crippen LogP contribution is -2.34. The van der Waals surface area contributed by atoms with E-state index in [1.54, 1.807) is 0 Å². The molecule has 1 aliphatic heterocycles. The van der Waals surface area contributed by atoms with Gasteiger partial charge in [0, 0.05) is 0 Å². The molecule has 94 valence electrons. The van der Waals surface area contributed by atoms with Crippen LogP contribution in [0.4, 0.5) is 0 Å². The number of nitrogens with zero attached hydrogens (tertiary/aromatic N) is 1. The van der Waals surface area contributed by atoms with Crippen LogP contribution in [0.5, 0.6) is 0 Å². The number of hydrogen-bond donors (Lipinski definition) is 1. The first-order valence-corrected chi connectivity index (χ1v) is 6.82. The van der Waals surface area contributed by atoms with Crippen molar-refractivity contribution in [2.45, 2.75) is 25.2 Å². The normalized spacial score (nSPS) is 18.4. The minimum Gasteiger partial charge on any atom is -0.320 e. The molecule has 0 aromatic heterocycles. The summed E-state index contributed by atoms with van der Waals surface area (Å²) in [6, 6.07) is 11.0. The summed E-state index contributed by atoms with van der Waals surface area (Å²) in [5.41, 5.74) is 1.53. The largest absolute Gasteiger partial charge is 0.320 e. The van der Waals surface area contributed by atoms with Gasteiger partial charge in [0.2, 0.25) is 0 Å². The van der Waals surface area contributed by atoms with E-state index in [0.717, 1.165) is 12.5 Å². The van der Waals surface area contributed by atoms with Crippen molar-refractivity contribution in [2.24, 2.45) is 0 Å². The molecule has 2 rings (SSSR count). The SMILES string of the molecule is CNCCCN1CCC(c2ccccc2)CC1. The molecule has 2 nitrogen and oxygen atoms in total. The number of rotatable bonds is 5. The zero-order valence-corrected chi connectivity index (χ0v) is 10.9. The summed E-state index contributed by atoms with van der Waals surface area (Å²) in [5, 5.41) is 3.22. The van der Waals surface area contributed by atoms with Gasteiger partial charge in [0.25, 0.3) is 0 Å². The fourth-order valence-corrected chi connectivity index (χ4v) is 2.69. The maximum Gasteiger partial charge on any atom is -0.000663 e. The van der Waals surface area contributed by atoms with Gasteiger partial charge < -0.3 is 10.2 Å². The van der Waals surface area contributed by atoms with Gasteiger partial charge in [-0.1, -0.05) is 30.3 Å². The Hall–Kier alpha value is -0.860. The van der Waals surface area contributed by atoms with Gasteiger partial charge >= 0.3 is 0 Å². The summed E-state index contributed by atoms with van der Waals surface area (Å²) < 4.78 is 0. The number of nitrogens with one attached hydrogen (secondary N) is 1. The van der Waals surface area contributed by atoms with Crippen LogP contribution in [0.1, 0.15) is 30.7 Å². The average molecular weight is 232 g/mol. The van der Waals surface area contributed by atoms with E-state index < -0.39 is 0 Å². The first-order valence-electron chi connectivity index (χ1n) is 6.82. The third-order valence-electron chi connectivity index (χ3n) is 3.76. The van der Waals surface area contributed by atoms with Crippen LogP contribution in [-0.2, 0) is 0 Å². The fraction of sp³-hybridized carbons (Fsp3) is 0.600. The molecule has 1 fully saturated rings. The predicted octanol–water partition coefficient (Wildman–Crippen LogP) is 2.48. The number of benzene rings is 1. The molecule has 0 radical (unpaired) electrons. The van der Waals surface area contributed by atoms with E-state index in [-0.39, 0.29) is 0 Å². The lowest BCUT2D eigenvalue weighted by molar-refractivity contribution is 0.210. The summed E-state index contributed by atoms with van der Waals surface area (Å²) in [5.74, 6) is 0.789. The van der Waals surface area contributed by atoms with E-state index in [1.807, 2.05) is 7.05 Å². The van der Waals surface area contributed by atoms with Crippen molar-refractivity contribution in [3.05, 3.63) is 35.9 Å². The van der Waals surface area contributed by atoms with E-state index in [0.29, 0.717) is 0 Å². The van der Waals surface area contributed by atoms with Gasteiger partial charge in [-0.2, -0.15) is 0 Å². The smallest absolute Gasteiger partial charge is 0.000663 e. The van der Waals surface area contributed by atoms with Gasteiger partial charge in [0.15, 0.2) is 0 Å². The molecule has 1 aliphatic rings. The fourth-order valence-electron chi connectivity index (χ4n) is 2.69. The molecule has 0 unspecified atom stereocenters. The highest BCUT2D eigenvalue weighted by atomic mass is 15.1. The molecule has 0 spiro atoms. The van der Waals surface area contributed by atoms with Gasteiger partial charge in [-0.3, -0.25) is 0 Å². The first kappa shape index (κ1) is 12.6. The third-order valence-corrected chi connectivity index (χ3v) is 3.76. The molecule has 0 atom stereocenters. The van der Waals surface area contributed by atoms with Crippen molar-refractivity contribution in [1.29, 1.82) is 0 Å². The lowest BCUT2D eigenvalue weighted by atomic mass is 9.89. The Labute approximate surface area is 105 Å². The zero-order chi connectivity index (χ0) is 11.9. The van der Waals surface area contributed by atoms with Gasteiger partial charge in [-0.05, 0) is 64.0 Å². The van der Waals surface area contributed by atoms with Crippen LogP contribution in [0.3, 0.4) is 0 Å². The number of likely N-dealkylation sites (tertiary alicyclic amines) is 1. The van der Waals surface area contributed by atoms with Gasteiger partial charge in [0.1, 0.15) is 0 Å². The van der Waals surface area contributed by atoms with Crippen LogP contribution in [-0.4, -0.2) is 38.1 Å². The Morgan fingerprint density at radius 2 is 1.88 bits per heavy atom. The summed E-state index contributed by atoms with van der Waals surface area (Å²) in [6.07, 6.45) is 3.92. The predicted molar refractivity (Wildman–Crippen MR) is 73.4 cm³/mol. The zero-order valence-electron chi connectivity index (χ0n) is 10.9. The van der Waals surface area contributed by atoms with E-state index in [9.17, 15) is 0 Å². The molecule has 2 heteroatoms. The molecule has 1 N–H and O–H groups in total. The van der Waals surface area contributed by atoms with Gasteiger partial charge in [0.05, 0.1) is 0 Å². The second kappa shape index (κ2) is 6.77. The minimum absolute atomic E-state index is 0.789. The molecule has 0 bridgehead atoms. The molecule has 0 amide bonds. The third kappa shape index (κ3) is 3.83. The molecular formula is C15H24N2. The highest BCUT2D eigenvalue weighted by molar-refractivity contribution is 5.19. The second-order valence-corrected chi connectivity index (χ2v) is 4.98. The monoisotopic (exact) mass is 232 g/mol. The molecule has 1 saturated heterocycles. The van der Waals surface area contributed by atoms with Crippen LogP contribution >= 0.6 is 0 Å². The van der Waals surface area contributed by atoms with Crippen LogP contribution in [0.25, 0.3) is 0 Å². The summed E-state index contributed by atoms with van der Waals surface area (Å²) in [6.45, 7) is 4.92. The van der Waals surface area contributed by atoms with E-state index >= 15 is 0 Å². The Kier molecular flexibility index (Phi) is 5.02. The molecule has 0 aliphatic carbocycles. The molecule has 1 aromatic rings. The minimum atomic E-state index is 0.789. The lowest BCUT2D eigenvalue weighted by Gasteiger charge is -2.32. The maximum absolute atomic E-state index is 3.22.